The molecule has 1 unspecified atom stereocenters. The Morgan fingerprint density at radius 3 is 2.78 bits per heavy atom. The van der Waals surface area contributed by atoms with Crippen molar-refractivity contribution in [1.29, 1.82) is 0 Å². The van der Waals surface area contributed by atoms with Gasteiger partial charge in [-0.3, -0.25) is 10.00 Å². The number of amides is 2. The molecule has 0 aliphatic carbocycles. The summed E-state index contributed by atoms with van der Waals surface area (Å²) < 4.78 is 7.12. The third-order valence-corrected chi connectivity index (χ3v) is 4.71. The van der Waals surface area contributed by atoms with Crippen LogP contribution in [0.4, 0.5) is 10.6 Å². The average molecular weight is 321 g/mol. The molecule has 0 aromatic carbocycles. The number of aromatic nitrogens is 2. The molecule has 1 atom stereocenters. The highest BCUT2D eigenvalue weighted by Gasteiger charge is 2.24. The molecule has 0 spiro atoms. The van der Waals surface area contributed by atoms with Gasteiger partial charge in [0.15, 0.2) is 0 Å². The Hall–Kier alpha value is -1.60. The van der Waals surface area contributed by atoms with Gasteiger partial charge in [0, 0.05) is 45.4 Å². The van der Waals surface area contributed by atoms with Gasteiger partial charge in [0.25, 0.3) is 0 Å². The second-order valence-corrected chi connectivity index (χ2v) is 6.70. The largest absolute Gasteiger partial charge is 0.381 e. The zero-order valence-electron chi connectivity index (χ0n) is 14.0. The number of nitrogens with one attached hydrogen (secondary N) is 2. The molecule has 1 aromatic heterocycles. The lowest BCUT2D eigenvalue weighted by molar-refractivity contribution is 0.148. The van der Waals surface area contributed by atoms with Gasteiger partial charge in [-0.1, -0.05) is 0 Å². The molecule has 2 fully saturated rings. The fourth-order valence-electron chi connectivity index (χ4n) is 3.42. The summed E-state index contributed by atoms with van der Waals surface area (Å²) in [6, 6.07) is 1.97. The van der Waals surface area contributed by atoms with Crippen molar-refractivity contribution in [3.63, 3.8) is 0 Å². The summed E-state index contributed by atoms with van der Waals surface area (Å²) in [6.07, 6.45) is 3.20. The van der Waals surface area contributed by atoms with Crippen molar-refractivity contribution in [2.75, 3.05) is 38.2 Å². The lowest BCUT2D eigenvalue weighted by Gasteiger charge is -2.33. The molecule has 2 N–H and O–H groups in total. The minimum atomic E-state index is -0.143. The predicted octanol–water partition coefficient (Wildman–Crippen LogP) is 1.35. The van der Waals surface area contributed by atoms with E-state index in [9.17, 15) is 4.79 Å². The maximum absolute atomic E-state index is 12.1. The van der Waals surface area contributed by atoms with Gasteiger partial charge < -0.3 is 15.0 Å². The van der Waals surface area contributed by atoms with Crippen LogP contribution in [0.3, 0.4) is 0 Å². The van der Waals surface area contributed by atoms with Crippen LogP contribution in [0, 0.1) is 12.8 Å². The highest BCUT2D eigenvalue weighted by molar-refractivity contribution is 5.88. The van der Waals surface area contributed by atoms with E-state index in [1.807, 2.05) is 20.0 Å². The van der Waals surface area contributed by atoms with Crippen LogP contribution in [0.5, 0.6) is 0 Å². The first-order valence-electron chi connectivity index (χ1n) is 8.48. The number of hydrogen-bond acceptors (Lipinski definition) is 4. The molecule has 2 saturated heterocycles. The maximum Gasteiger partial charge on any atom is 0.320 e. The van der Waals surface area contributed by atoms with Gasteiger partial charge >= 0.3 is 6.03 Å². The highest BCUT2D eigenvalue weighted by Crippen LogP contribution is 2.18. The number of carbonyl (C=O) groups is 1. The Balaban J connectivity index is 1.39. The number of rotatable bonds is 4. The van der Waals surface area contributed by atoms with E-state index in [1.165, 1.54) is 6.42 Å². The van der Waals surface area contributed by atoms with Crippen LogP contribution in [-0.4, -0.2) is 59.6 Å². The van der Waals surface area contributed by atoms with E-state index in [1.54, 1.807) is 4.68 Å². The van der Waals surface area contributed by atoms with Crippen LogP contribution < -0.4 is 10.6 Å². The standard InChI is InChI=1S/C16H27N5O2/c1-12-9-15(20(2)19-12)18-16(22)17-14-3-6-21(7-4-14)10-13-5-8-23-11-13/h9,13-14H,3-8,10-11H2,1-2H3,(H2,17,18,22). The number of carbonyl (C=O) groups excluding carboxylic acids is 1. The maximum atomic E-state index is 12.1. The zero-order valence-corrected chi connectivity index (χ0v) is 14.0. The lowest BCUT2D eigenvalue weighted by Crippen LogP contribution is -2.47. The van der Waals surface area contributed by atoms with Crippen molar-refractivity contribution < 1.29 is 9.53 Å². The Kier molecular flexibility index (Phi) is 5.17. The summed E-state index contributed by atoms with van der Waals surface area (Å²) in [5.74, 6) is 1.41. The van der Waals surface area contributed by atoms with E-state index in [-0.39, 0.29) is 12.1 Å². The Morgan fingerprint density at radius 1 is 1.39 bits per heavy atom. The normalized spacial score (nSPS) is 23.1. The Morgan fingerprint density at radius 2 is 2.17 bits per heavy atom. The number of likely N-dealkylation sites (tertiary alicyclic amines) is 1. The summed E-state index contributed by atoms with van der Waals surface area (Å²) >= 11 is 0. The van der Waals surface area contributed by atoms with Gasteiger partial charge in [0.2, 0.25) is 0 Å². The number of hydrogen-bond donors (Lipinski definition) is 2. The number of nitrogens with zero attached hydrogens (tertiary/aromatic N) is 3. The van der Waals surface area contributed by atoms with Crippen LogP contribution in [0.2, 0.25) is 0 Å². The van der Waals surface area contributed by atoms with Crippen molar-refractivity contribution >= 4 is 11.8 Å². The number of urea groups is 1. The summed E-state index contributed by atoms with van der Waals surface area (Å²) in [7, 11) is 1.83. The van der Waals surface area contributed by atoms with Gasteiger partial charge in [-0.15, -0.1) is 0 Å². The quantitative estimate of drug-likeness (QED) is 0.878. The molecule has 0 radical (unpaired) electrons. The molecule has 2 aliphatic heterocycles. The molecule has 0 bridgehead atoms. The lowest BCUT2D eigenvalue weighted by atomic mass is 10.0. The summed E-state index contributed by atoms with van der Waals surface area (Å²) in [6.45, 7) is 6.96. The SMILES string of the molecule is Cc1cc(NC(=O)NC2CCN(CC3CCOC3)CC2)n(C)n1. The average Bonchev–Trinajstić information content (AvgIpc) is 3.11. The third kappa shape index (κ3) is 4.45. The van der Waals surface area contributed by atoms with Crippen molar-refractivity contribution in [2.24, 2.45) is 13.0 Å². The van der Waals surface area contributed by atoms with E-state index >= 15 is 0 Å². The van der Waals surface area contributed by atoms with E-state index in [0.29, 0.717) is 5.92 Å². The molecular weight excluding hydrogens is 294 g/mol. The summed E-state index contributed by atoms with van der Waals surface area (Å²) in [5, 5.41) is 10.2. The van der Waals surface area contributed by atoms with Gasteiger partial charge in [0.1, 0.15) is 5.82 Å². The van der Waals surface area contributed by atoms with Crippen molar-refractivity contribution in [1.82, 2.24) is 20.0 Å². The molecule has 2 amide bonds. The fraction of sp³-hybridized carbons (Fsp3) is 0.750. The smallest absolute Gasteiger partial charge is 0.320 e. The number of piperidine rings is 1. The second-order valence-electron chi connectivity index (χ2n) is 6.70. The van der Waals surface area contributed by atoms with Crippen molar-refractivity contribution in [3.8, 4) is 0 Å². The minimum Gasteiger partial charge on any atom is -0.381 e. The molecule has 7 heteroatoms. The first-order valence-corrected chi connectivity index (χ1v) is 8.48. The molecule has 128 valence electrons. The van der Waals surface area contributed by atoms with Crippen LogP contribution in [0.1, 0.15) is 25.0 Å². The Bertz CT molecular complexity index is 531. The van der Waals surface area contributed by atoms with Gasteiger partial charge in [-0.05, 0) is 32.1 Å². The van der Waals surface area contributed by atoms with Gasteiger partial charge in [-0.2, -0.15) is 5.10 Å². The number of ether oxygens (including phenoxy) is 1. The molecule has 23 heavy (non-hydrogen) atoms. The summed E-state index contributed by atoms with van der Waals surface area (Å²) in [4.78, 5) is 14.6. The monoisotopic (exact) mass is 321 g/mol. The van der Waals surface area contributed by atoms with Gasteiger partial charge in [0.05, 0.1) is 12.3 Å². The topological polar surface area (TPSA) is 71.4 Å². The highest BCUT2D eigenvalue weighted by atomic mass is 16.5. The van der Waals surface area contributed by atoms with Gasteiger partial charge in [-0.25, -0.2) is 4.79 Å². The molecular formula is C16H27N5O2. The predicted molar refractivity (Wildman–Crippen MR) is 88.5 cm³/mol. The first-order chi connectivity index (χ1) is 11.1. The number of aryl methyl sites for hydroxylation is 2. The third-order valence-electron chi connectivity index (χ3n) is 4.71. The molecule has 7 nitrogen and oxygen atoms in total. The van der Waals surface area contributed by atoms with Crippen LogP contribution in [-0.2, 0) is 11.8 Å². The molecule has 1 aromatic rings. The number of anilines is 1. The van der Waals surface area contributed by atoms with E-state index in [2.05, 4.69) is 20.6 Å². The molecule has 0 saturated carbocycles. The summed E-state index contributed by atoms with van der Waals surface area (Å²) in [5.41, 5.74) is 0.895. The van der Waals surface area contributed by atoms with E-state index in [4.69, 9.17) is 4.74 Å². The second kappa shape index (κ2) is 7.31. The Labute approximate surface area is 137 Å². The minimum absolute atomic E-state index is 0.143. The zero-order chi connectivity index (χ0) is 16.2. The van der Waals surface area contributed by atoms with E-state index in [0.717, 1.165) is 57.2 Å². The fourth-order valence-corrected chi connectivity index (χ4v) is 3.42. The van der Waals surface area contributed by atoms with Crippen LogP contribution >= 0.6 is 0 Å². The molecule has 3 rings (SSSR count). The van der Waals surface area contributed by atoms with Crippen molar-refractivity contribution in [3.05, 3.63) is 11.8 Å². The first kappa shape index (κ1) is 16.3. The van der Waals surface area contributed by atoms with Crippen LogP contribution in [0.15, 0.2) is 6.07 Å². The van der Waals surface area contributed by atoms with Crippen molar-refractivity contribution in [2.45, 2.75) is 32.2 Å². The molecule has 2 aliphatic rings. The molecule has 3 heterocycles. The van der Waals surface area contributed by atoms with E-state index < -0.39 is 0 Å². The van der Waals surface area contributed by atoms with Crippen LogP contribution in [0.25, 0.3) is 0 Å².